The second-order valence-corrected chi connectivity index (χ2v) is 6.71. The maximum atomic E-state index is 13.3. The van der Waals surface area contributed by atoms with Crippen LogP contribution >= 0.6 is 0 Å². The molecule has 0 saturated carbocycles. The smallest absolute Gasteiger partial charge is 0.229 e. The van der Waals surface area contributed by atoms with E-state index in [1.54, 1.807) is 25.4 Å². The Kier molecular flexibility index (Phi) is 4.69. The molecule has 0 bridgehead atoms. The number of benzene rings is 2. The Bertz CT molecular complexity index is 1090. The summed E-state index contributed by atoms with van der Waals surface area (Å²) in [6.07, 6.45) is 2.21. The van der Waals surface area contributed by atoms with Gasteiger partial charge in [0.25, 0.3) is 0 Å². The molecule has 2 heterocycles. The number of hydrogen-bond acceptors (Lipinski definition) is 4. The zero-order chi connectivity index (χ0) is 19.7. The minimum Gasteiger partial charge on any atom is -0.294 e. The molecule has 0 spiro atoms. The zero-order valence-electron chi connectivity index (χ0n) is 15.4. The monoisotopic (exact) mass is 375 g/mol. The van der Waals surface area contributed by atoms with Crippen LogP contribution in [0.25, 0.3) is 22.0 Å². The van der Waals surface area contributed by atoms with Gasteiger partial charge in [-0.25, -0.2) is 9.37 Å². The van der Waals surface area contributed by atoms with Crippen molar-refractivity contribution in [3.05, 3.63) is 65.6 Å². The number of amides is 2. The fraction of sp³-hybridized carbons (Fsp3) is 0.182. The molecular weight excluding hydrogens is 357 g/mol. The van der Waals surface area contributed by atoms with Crippen LogP contribution < -0.4 is 0 Å². The van der Waals surface area contributed by atoms with Crippen LogP contribution in [0.5, 0.6) is 0 Å². The third kappa shape index (κ3) is 3.41. The SMILES string of the molecule is CN=Cc1cc(-c2ccc(F)cc2)c2ccc(CN3C(=O)CCC3=O)cc2n1. The number of halogens is 1. The molecule has 3 aromatic rings. The maximum Gasteiger partial charge on any atom is 0.229 e. The fourth-order valence-corrected chi connectivity index (χ4v) is 3.44. The number of carbonyl (C=O) groups is 2. The maximum absolute atomic E-state index is 13.3. The lowest BCUT2D eigenvalue weighted by atomic mass is 9.99. The van der Waals surface area contributed by atoms with E-state index >= 15 is 0 Å². The minimum absolute atomic E-state index is 0.142. The highest BCUT2D eigenvalue weighted by Crippen LogP contribution is 2.30. The van der Waals surface area contributed by atoms with Crippen molar-refractivity contribution in [1.29, 1.82) is 0 Å². The lowest BCUT2D eigenvalue weighted by Gasteiger charge is -2.15. The molecule has 140 valence electrons. The molecule has 5 nitrogen and oxygen atoms in total. The first-order valence-corrected chi connectivity index (χ1v) is 9.00. The van der Waals surface area contributed by atoms with Crippen molar-refractivity contribution in [2.75, 3.05) is 7.05 Å². The molecule has 0 unspecified atom stereocenters. The standard InChI is InChI=1S/C22H18FN3O2/c1-24-12-17-11-19(15-3-5-16(23)6-4-15)18-7-2-14(10-20(18)25-17)13-26-21(27)8-9-22(26)28/h2-7,10-12H,8-9,13H2,1H3. The molecule has 2 amide bonds. The summed E-state index contributed by atoms with van der Waals surface area (Å²) in [7, 11) is 1.67. The van der Waals surface area contributed by atoms with E-state index in [0.717, 1.165) is 27.6 Å². The Hall–Kier alpha value is -3.41. The first kappa shape index (κ1) is 18.0. The molecule has 0 radical (unpaired) electrons. The van der Waals surface area contributed by atoms with Crippen molar-refractivity contribution in [3.8, 4) is 11.1 Å². The minimum atomic E-state index is -0.292. The first-order chi connectivity index (χ1) is 13.5. The summed E-state index contributed by atoms with van der Waals surface area (Å²) in [5, 5.41) is 0.905. The summed E-state index contributed by atoms with van der Waals surface area (Å²) in [4.78, 5) is 33.8. The van der Waals surface area contributed by atoms with Crippen molar-refractivity contribution < 1.29 is 14.0 Å². The number of carbonyl (C=O) groups excluding carboxylic acids is 2. The predicted molar refractivity (Wildman–Crippen MR) is 105 cm³/mol. The summed E-state index contributed by atoms with van der Waals surface area (Å²) in [6, 6.07) is 13.9. The van der Waals surface area contributed by atoms with Crippen LogP contribution in [0, 0.1) is 5.82 Å². The number of nitrogens with zero attached hydrogens (tertiary/aromatic N) is 3. The van der Waals surface area contributed by atoms with Gasteiger partial charge in [-0.2, -0.15) is 0 Å². The molecule has 1 saturated heterocycles. The summed E-state index contributed by atoms with van der Waals surface area (Å²) in [6.45, 7) is 0.243. The molecule has 1 fully saturated rings. The van der Waals surface area contributed by atoms with Gasteiger partial charge in [-0.05, 0) is 41.0 Å². The van der Waals surface area contributed by atoms with Gasteiger partial charge in [0.1, 0.15) is 5.82 Å². The van der Waals surface area contributed by atoms with Crippen LogP contribution in [0.4, 0.5) is 4.39 Å². The van der Waals surface area contributed by atoms with Gasteiger partial charge in [-0.15, -0.1) is 0 Å². The van der Waals surface area contributed by atoms with Crippen molar-refractivity contribution in [2.45, 2.75) is 19.4 Å². The van der Waals surface area contributed by atoms with Gasteiger partial charge >= 0.3 is 0 Å². The van der Waals surface area contributed by atoms with Gasteiger partial charge in [0, 0.05) is 31.5 Å². The molecule has 2 aromatic carbocycles. The van der Waals surface area contributed by atoms with Gasteiger partial charge in [-0.1, -0.05) is 24.3 Å². The van der Waals surface area contributed by atoms with E-state index in [9.17, 15) is 14.0 Å². The predicted octanol–water partition coefficient (Wildman–Crippen LogP) is 3.74. The average molecular weight is 375 g/mol. The van der Waals surface area contributed by atoms with Gasteiger partial charge in [0.15, 0.2) is 0 Å². The Morgan fingerprint density at radius 2 is 1.79 bits per heavy atom. The zero-order valence-corrected chi connectivity index (χ0v) is 15.4. The summed E-state index contributed by atoms with van der Waals surface area (Å²) < 4.78 is 13.3. The second-order valence-electron chi connectivity index (χ2n) is 6.71. The molecular formula is C22H18FN3O2. The third-order valence-electron chi connectivity index (χ3n) is 4.81. The van der Waals surface area contributed by atoms with Gasteiger partial charge in [-0.3, -0.25) is 19.5 Å². The van der Waals surface area contributed by atoms with E-state index < -0.39 is 0 Å². The largest absolute Gasteiger partial charge is 0.294 e. The Labute approximate surface area is 161 Å². The van der Waals surface area contributed by atoms with Gasteiger partial charge < -0.3 is 0 Å². The van der Waals surface area contributed by atoms with Crippen LogP contribution in [0.1, 0.15) is 24.1 Å². The van der Waals surface area contributed by atoms with E-state index in [1.807, 2.05) is 24.3 Å². The third-order valence-corrected chi connectivity index (χ3v) is 4.81. The number of pyridine rings is 1. The van der Waals surface area contributed by atoms with E-state index in [-0.39, 0.29) is 37.0 Å². The topological polar surface area (TPSA) is 62.6 Å². The van der Waals surface area contributed by atoms with Crippen molar-refractivity contribution >= 4 is 28.9 Å². The summed E-state index contributed by atoms with van der Waals surface area (Å²) >= 11 is 0. The van der Waals surface area contributed by atoms with Crippen LogP contribution in [0.2, 0.25) is 0 Å². The Morgan fingerprint density at radius 3 is 2.46 bits per heavy atom. The molecule has 28 heavy (non-hydrogen) atoms. The number of likely N-dealkylation sites (tertiary alicyclic amines) is 1. The molecule has 0 aliphatic carbocycles. The highest BCUT2D eigenvalue weighted by atomic mass is 19.1. The molecule has 4 rings (SSSR count). The van der Waals surface area contributed by atoms with Crippen molar-refractivity contribution in [2.24, 2.45) is 4.99 Å². The number of aliphatic imine (C=N–C) groups is 1. The van der Waals surface area contributed by atoms with Crippen LogP contribution in [0.15, 0.2) is 53.5 Å². The average Bonchev–Trinajstić information content (AvgIpc) is 3.00. The highest BCUT2D eigenvalue weighted by Gasteiger charge is 2.28. The van der Waals surface area contributed by atoms with E-state index in [4.69, 9.17) is 0 Å². The fourth-order valence-electron chi connectivity index (χ4n) is 3.44. The Morgan fingerprint density at radius 1 is 1.07 bits per heavy atom. The first-order valence-electron chi connectivity index (χ1n) is 9.00. The van der Waals surface area contributed by atoms with Crippen molar-refractivity contribution in [3.63, 3.8) is 0 Å². The molecule has 1 aliphatic heterocycles. The van der Waals surface area contributed by atoms with Crippen LogP contribution in [-0.2, 0) is 16.1 Å². The van der Waals surface area contributed by atoms with Crippen molar-refractivity contribution in [1.82, 2.24) is 9.88 Å². The normalized spacial score (nSPS) is 14.6. The highest BCUT2D eigenvalue weighted by molar-refractivity contribution is 6.02. The van der Waals surface area contributed by atoms with E-state index in [0.29, 0.717) is 5.69 Å². The number of aromatic nitrogens is 1. The van der Waals surface area contributed by atoms with Gasteiger partial charge in [0.05, 0.1) is 17.8 Å². The molecule has 0 N–H and O–H groups in total. The summed E-state index contributed by atoms with van der Waals surface area (Å²) in [5.74, 6) is -0.575. The van der Waals surface area contributed by atoms with Crippen LogP contribution in [0.3, 0.4) is 0 Å². The van der Waals surface area contributed by atoms with E-state index in [2.05, 4.69) is 9.98 Å². The molecule has 1 aromatic heterocycles. The quantitative estimate of drug-likeness (QED) is 0.515. The molecule has 6 heteroatoms. The Balaban J connectivity index is 1.80. The van der Waals surface area contributed by atoms with Crippen LogP contribution in [-0.4, -0.2) is 35.0 Å². The lowest BCUT2D eigenvalue weighted by Crippen LogP contribution is -2.28. The molecule has 1 aliphatic rings. The van der Waals surface area contributed by atoms with E-state index in [1.165, 1.54) is 17.0 Å². The summed E-state index contributed by atoms with van der Waals surface area (Å²) in [5.41, 5.74) is 4.03. The number of imide groups is 1. The number of hydrogen-bond donors (Lipinski definition) is 0. The molecule has 0 atom stereocenters. The lowest BCUT2D eigenvalue weighted by molar-refractivity contribution is -0.139. The van der Waals surface area contributed by atoms with Gasteiger partial charge in [0.2, 0.25) is 11.8 Å². The number of rotatable bonds is 4. The second kappa shape index (κ2) is 7.31. The number of fused-ring (bicyclic) bond motifs is 1.